The van der Waals surface area contributed by atoms with Gasteiger partial charge in [0.2, 0.25) is 0 Å². The first-order chi connectivity index (χ1) is 8.08. The van der Waals surface area contributed by atoms with E-state index in [9.17, 15) is 9.90 Å². The lowest BCUT2D eigenvalue weighted by atomic mass is 9.83. The summed E-state index contributed by atoms with van der Waals surface area (Å²) in [6, 6.07) is 3.87. The van der Waals surface area contributed by atoms with Crippen LogP contribution in [0.4, 0.5) is 0 Å². The van der Waals surface area contributed by atoms with Gasteiger partial charge in [0.1, 0.15) is 0 Å². The number of hydrogen-bond donors (Lipinski definition) is 1. The SMILES string of the molecule is CN1CCC(C(C(=O)O)c2ccc(Br)s2)CC1. The highest BCUT2D eigenvalue weighted by Gasteiger charge is 2.32. The van der Waals surface area contributed by atoms with Crippen molar-refractivity contribution in [3.8, 4) is 0 Å². The van der Waals surface area contributed by atoms with E-state index in [2.05, 4.69) is 27.9 Å². The number of piperidine rings is 1. The van der Waals surface area contributed by atoms with Gasteiger partial charge in [-0.05, 0) is 67.0 Å². The molecule has 0 aromatic carbocycles. The molecule has 2 heterocycles. The van der Waals surface area contributed by atoms with Crippen LogP contribution in [0.15, 0.2) is 15.9 Å². The molecule has 0 radical (unpaired) electrons. The summed E-state index contributed by atoms with van der Waals surface area (Å²) in [5.74, 6) is -0.747. The molecular formula is C12H16BrNO2S. The second-order valence-electron chi connectivity index (χ2n) is 4.60. The van der Waals surface area contributed by atoms with Crippen molar-refractivity contribution in [1.29, 1.82) is 0 Å². The monoisotopic (exact) mass is 317 g/mol. The Morgan fingerprint density at radius 1 is 1.53 bits per heavy atom. The topological polar surface area (TPSA) is 40.5 Å². The van der Waals surface area contributed by atoms with E-state index in [0.717, 1.165) is 34.6 Å². The Labute approximate surface area is 114 Å². The standard InChI is InChI=1S/C12H16BrNO2S/c1-14-6-4-8(5-7-14)11(12(15)16)9-2-3-10(13)17-9/h2-3,8,11H,4-7H2,1H3,(H,15,16). The molecule has 1 fully saturated rings. The molecule has 1 aliphatic heterocycles. The highest BCUT2D eigenvalue weighted by molar-refractivity contribution is 9.11. The summed E-state index contributed by atoms with van der Waals surface area (Å²) in [5.41, 5.74) is 0. The Hall–Kier alpha value is -0.390. The predicted octanol–water partition coefficient (Wildman–Crippen LogP) is 3.02. The second-order valence-corrected chi connectivity index (χ2v) is 7.09. The minimum atomic E-state index is -0.686. The maximum atomic E-state index is 11.5. The van der Waals surface area contributed by atoms with E-state index in [4.69, 9.17) is 0 Å². The van der Waals surface area contributed by atoms with Crippen molar-refractivity contribution in [3.63, 3.8) is 0 Å². The zero-order valence-electron chi connectivity index (χ0n) is 9.73. The molecule has 5 heteroatoms. The van der Waals surface area contributed by atoms with Crippen LogP contribution in [0, 0.1) is 5.92 Å². The summed E-state index contributed by atoms with van der Waals surface area (Å²) in [5, 5.41) is 9.43. The first-order valence-corrected chi connectivity index (χ1v) is 7.35. The van der Waals surface area contributed by atoms with Crippen LogP contribution in [0.5, 0.6) is 0 Å². The molecule has 1 saturated heterocycles. The van der Waals surface area contributed by atoms with E-state index in [1.807, 2.05) is 12.1 Å². The Morgan fingerprint density at radius 2 is 2.18 bits per heavy atom. The number of halogens is 1. The number of carboxylic acids is 1. The van der Waals surface area contributed by atoms with E-state index in [1.165, 1.54) is 0 Å². The average molecular weight is 318 g/mol. The van der Waals surface area contributed by atoms with E-state index >= 15 is 0 Å². The zero-order chi connectivity index (χ0) is 12.4. The van der Waals surface area contributed by atoms with Crippen molar-refractivity contribution in [2.75, 3.05) is 20.1 Å². The van der Waals surface area contributed by atoms with Crippen LogP contribution in [0.1, 0.15) is 23.6 Å². The van der Waals surface area contributed by atoms with Crippen molar-refractivity contribution >= 4 is 33.2 Å². The van der Waals surface area contributed by atoms with Crippen molar-refractivity contribution in [2.45, 2.75) is 18.8 Å². The molecule has 0 aliphatic carbocycles. The summed E-state index contributed by atoms with van der Waals surface area (Å²) < 4.78 is 1.01. The first-order valence-electron chi connectivity index (χ1n) is 5.74. The highest BCUT2D eigenvalue weighted by Crippen LogP contribution is 2.37. The molecule has 1 atom stereocenters. The van der Waals surface area contributed by atoms with Crippen LogP contribution >= 0.6 is 27.3 Å². The van der Waals surface area contributed by atoms with Gasteiger partial charge >= 0.3 is 5.97 Å². The van der Waals surface area contributed by atoms with Crippen LogP contribution in [-0.2, 0) is 4.79 Å². The van der Waals surface area contributed by atoms with E-state index in [0.29, 0.717) is 0 Å². The molecule has 1 aromatic heterocycles. The quantitative estimate of drug-likeness (QED) is 0.931. The summed E-state index contributed by atoms with van der Waals surface area (Å²) >= 11 is 4.94. The maximum Gasteiger partial charge on any atom is 0.312 e. The summed E-state index contributed by atoms with van der Waals surface area (Å²) in [6.45, 7) is 2.00. The predicted molar refractivity (Wildman–Crippen MR) is 72.6 cm³/mol. The molecule has 0 saturated carbocycles. The fourth-order valence-electron chi connectivity index (χ4n) is 2.41. The summed E-state index contributed by atoms with van der Waals surface area (Å²) in [6.07, 6.45) is 1.95. The fraction of sp³-hybridized carbons (Fsp3) is 0.583. The molecule has 1 unspecified atom stereocenters. The van der Waals surface area contributed by atoms with Gasteiger partial charge in [-0.1, -0.05) is 0 Å². The van der Waals surface area contributed by atoms with E-state index < -0.39 is 5.97 Å². The van der Waals surface area contributed by atoms with Gasteiger partial charge in [-0.25, -0.2) is 0 Å². The smallest absolute Gasteiger partial charge is 0.312 e. The molecule has 17 heavy (non-hydrogen) atoms. The third kappa shape index (κ3) is 3.09. The Bertz CT molecular complexity index is 399. The third-order valence-corrected chi connectivity index (χ3v) is 5.11. The summed E-state index contributed by atoms with van der Waals surface area (Å²) in [4.78, 5) is 14.7. The van der Waals surface area contributed by atoms with Gasteiger partial charge in [0.15, 0.2) is 0 Å². The number of carbonyl (C=O) groups is 1. The molecule has 3 nitrogen and oxygen atoms in total. The van der Waals surface area contributed by atoms with E-state index in [1.54, 1.807) is 11.3 Å². The lowest BCUT2D eigenvalue weighted by molar-refractivity contribution is -0.140. The van der Waals surface area contributed by atoms with Crippen molar-refractivity contribution in [1.82, 2.24) is 4.90 Å². The van der Waals surface area contributed by atoms with Gasteiger partial charge in [-0.2, -0.15) is 0 Å². The Balaban J connectivity index is 2.15. The van der Waals surface area contributed by atoms with Crippen LogP contribution < -0.4 is 0 Å². The van der Waals surface area contributed by atoms with Crippen molar-refractivity contribution in [3.05, 3.63) is 20.8 Å². The molecule has 1 N–H and O–H groups in total. The van der Waals surface area contributed by atoms with Gasteiger partial charge in [0.25, 0.3) is 0 Å². The second kappa shape index (κ2) is 5.50. The van der Waals surface area contributed by atoms with Gasteiger partial charge in [0, 0.05) is 4.88 Å². The maximum absolute atomic E-state index is 11.5. The van der Waals surface area contributed by atoms with Crippen LogP contribution in [0.2, 0.25) is 0 Å². The normalized spacial score (nSPS) is 20.4. The van der Waals surface area contributed by atoms with Gasteiger partial charge in [0.05, 0.1) is 9.70 Å². The molecular weight excluding hydrogens is 302 g/mol. The highest BCUT2D eigenvalue weighted by atomic mass is 79.9. The number of thiophene rings is 1. The largest absolute Gasteiger partial charge is 0.481 e. The molecule has 2 rings (SSSR count). The molecule has 94 valence electrons. The molecule has 0 spiro atoms. The minimum absolute atomic E-state index is 0.272. The Morgan fingerprint density at radius 3 is 2.65 bits per heavy atom. The van der Waals surface area contributed by atoms with Crippen molar-refractivity contribution in [2.24, 2.45) is 5.92 Å². The number of carboxylic acid groups (broad SMARTS) is 1. The first kappa shape index (κ1) is 13.1. The van der Waals surface area contributed by atoms with Gasteiger partial charge in [-0.3, -0.25) is 4.79 Å². The molecule has 0 bridgehead atoms. The fourth-order valence-corrected chi connectivity index (χ4v) is 4.02. The lowest BCUT2D eigenvalue weighted by Gasteiger charge is -2.32. The zero-order valence-corrected chi connectivity index (χ0v) is 12.1. The molecule has 1 aromatic rings. The Kier molecular flexibility index (Phi) is 4.22. The molecule has 0 amide bonds. The third-order valence-electron chi connectivity index (χ3n) is 3.40. The lowest BCUT2D eigenvalue weighted by Crippen LogP contribution is -2.34. The number of likely N-dealkylation sites (tertiary alicyclic amines) is 1. The van der Waals surface area contributed by atoms with Crippen LogP contribution in [0.25, 0.3) is 0 Å². The number of hydrogen-bond acceptors (Lipinski definition) is 3. The van der Waals surface area contributed by atoms with E-state index in [-0.39, 0.29) is 11.8 Å². The number of aliphatic carboxylic acids is 1. The number of nitrogens with zero attached hydrogens (tertiary/aromatic N) is 1. The van der Waals surface area contributed by atoms with Gasteiger partial charge in [-0.15, -0.1) is 11.3 Å². The summed E-state index contributed by atoms with van der Waals surface area (Å²) in [7, 11) is 2.09. The molecule has 1 aliphatic rings. The van der Waals surface area contributed by atoms with Crippen LogP contribution in [-0.4, -0.2) is 36.1 Å². The van der Waals surface area contributed by atoms with Crippen LogP contribution in [0.3, 0.4) is 0 Å². The van der Waals surface area contributed by atoms with Gasteiger partial charge < -0.3 is 10.0 Å². The average Bonchev–Trinajstić information content (AvgIpc) is 2.68. The number of rotatable bonds is 3. The van der Waals surface area contributed by atoms with Crippen molar-refractivity contribution < 1.29 is 9.90 Å². The minimum Gasteiger partial charge on any atom is -0.481 e.